The van der Waals surface area contributed by atoms with Gasteiger partial charge in [-0.15, -0.1) is 6.58 Å². The van der Waals surface area contributed by atoms with E-state index in [0.717, 1.165) is 17.7 Å². The minimum atomic E-state index is 0.0181. The Labute approximate surface area is 119 Å². The Morgan fingerprint density at radius 1 is 1.20 bits per heavy atom. The summed E-state index contributed by atoms with van der Waals surface area (Å²) in [5.41, 5.74) is 3.61. The predicted molar refractivity (Wildman–Crippen MR) is 80.2 cm³/mol. The summed E-state index contributed by atoms with van der Waals surface area (Å²) in [4.78, 5) is 0. The lowest BCUT2D eigenvalue weighted by Crippen LogP contribution is -2.06. The Bertz CT molecular complexity index is 628. The summed E-state index contributed by atoms with van der Waals surface area (Å²) in [6.07, 6.45) is 2.81. The van der Waals surface area contributed by atoms with Crippen LogP contribution in [0.4, 0.5) is 0 Å². The number of ether oxygens (including phenoxy) is 1. The maximum atomic E-state index is 9.38. The Balaban J connectivity index is 1.91. The van der Waals surface area contributed by atoms with E-state index in [9.17, 15) is 5.11 Å². The summed E-state index contributed by atoms with van der Waals surface area (Å²) in [6, 6.07) is 13.6. The minimum Gasteiger partial charge on any atom is -0.508 e. The first-order valence-corrected chi connectivity index (χ1v) is 6.88. The highest BCUT2D eigenvalue weighted by Crippen LogP contribution is 2.46. The Hall–Kier alpha value is -2.22. The zero-order valence-corrected chi connectivity index (χ0v) is 11.5. The summed E-state index contributed by atoms with van der Waals surface area (Å²) in [6.45, 7) is 5.97. The fourth-order valence-corrected chi connectivity index (χ4v) is 2.78. The second-order valence-corrected chi connectivity index (χ2v) is 5.28. The van der Waals surface area contributed by atoms with Crippen LogP contribution in [-0.2, 0) is 6.42 Å². The van der Waals surface area contributed by atoms with Crippen LogP contribution in [0.15, 0.2) is 55.1 Å². The molecule has 0 aromatic heterocycles. The first-order valence-electron chi connectivity index (χ1n) is 6.88. The standard InChI is InChI=1S/C18H18O2/c1-3-4-13-5-10-17-16(11-13)12(2)18(20-17)14-6-8-15(19)9-7-14/h3,5-12,18-19H,1,4H2,2H3/t12-,18-/m1/s1. The van der Waals surface area contributed by atoms with E-state index in [0.29, 0.717) is 5.92 Å². The molecule has 0 amide bonds. The summed E-state index contributed by atoms with van der Waals surface area (Å²) in [5.74, 6) is 1.55. The third-order valence-electron chi connectivity index (χ3n) is 3.87. The van der Waals surface area contributed by atoms with E-state index in [2.05, 4.69) is 25.6 Å². The molecule has 0 radical (unpaired) electrons. The molecule has 2 heteroatoms. The van der Waals surface area contributed by atoms with Gasteiger partial charge in [0.15, 0.2) is 0 Å². The zero-order chi connectivity index (χ0) is 14.1. The topological polar surface area (TPSA) is 29.5 Å². The van der Waals surface area contributed by atoms with E-state index in [1.54, 1.807) is 12.1 Å². The molecule has 1 N–H and O–H groups in total. The van der Waals surface area contributed by atoms with Crippen molar-refractivity contribution in [3.05, 3.63) is 71.8 Å². The molecule has 0 bridgehead atoms. The van der Waals surface area contributed by atoms with Gasteiger partial charge in [0.1, 0.15) is 17.6 Å². The summed E-state index contributed by atoms with van der Waals surface area (Å²) >= 11 is 0. The van der Waals surface area contributed by atoms with Crippen molar-refractivity contribution >= 4 is 0 Å². The number of hydrogen-bond donors (Lipinski definition) is 1. The molecule has 1 heterocycles. The molecule has 0 spiro atoms. The van der Waals surface area contributed by atoms with Crippen LogP contribution in [0.2, 0.25) is 0 Å². The van der Waals surface area contributed by atoms with E-state index in [-0.39, 0.29) is 11.9 Å². The molecular formula is C18H18O2. The van der Waals surface area contributed by atoms with E-state index in [1.165, 1.54) is 11.1 Å². The zero-order valence-electron chi connectivity index (χ0n) is 11.5. The number of allylic oxidation sites excluding steroid dienone is 1. The van der Waals surface area contributed by atoms with Crippen LogP contribution in [0.5, 0.6) is 11.5 Å². The van der Waals surface area contributed by atoms with Crippen molar-refractivity contribution in [3.8, 4) is 11.5 Å². The highest BCUT2D eigenvalue weighted by Gasteiger charge is 2.32. The average Bonchev–Trinajstić information content (AvgIpc) is 2.78. The van der Waals surface area contributed by atoms with Gasteiger partial charge >= 0.3 is 0 Å². The van der Waals surface area contributed by atoms with E-state index < -0.39 is 0 Å². The Morgan fingerprint density at radius 2 is 1.95 bits per heavy atom. The molecule has 2 nitrogen and oxygen atoms in total. The molecule has 0 aliphatic carbocycles. The van der Waals surface area contributed by atoms with Crippen molar-refractivity contribution in [3.63, 3.8) is 0 Å². The van der Waals surface area contributed by atoms with Crippen molar-refractivity contribution in [2.24, 2.45) is 0 Å². The number of phenols is 1. The first kappa shape index (κ1) is 12.8. The van der Waals surface area contributed by atoms with Crippen LogP contribution < -0.4 is 4.74 Å². The van der Waals surface area contributed by atoms with Gasteiger partial charge in [0.25, 0.3) is 0 Å². The van der Waals surface area contributed by atoms with E-state index in [4.69, 9.17) is 4.74 Å². The van der Waals surface area contributed by atoms with E-state index in [1.807, 2.05) is 24.3 Å². The molecule has 2 aromatic rings. The third kappa shape index (κ3) is 2.18. The number of rotatable bonds is 3. The fraction of sp³-hybridized carbons (Fsp3) is 0.222. The molecule has 2 aromatic carbocycles. The third-order valence-corrected chi connectivity index (χ3v) is 3.87. The molecule has 102 valence electrons. The molecule has 0 saturated carbocycles. The number of benzene rings is 2. The molecule has 0 saturated heterocycles. The Kier molecular flexibility index (Phi) is 3.23. The van der Waals surface area contributed by atoms with Crippen molar-refractivity contribution in [2.45, 2.75) is 25.4 Å². The number of fused-ring (bicyclic) bond motifs is 1. The SMILES string of the molecule is C=CCc1ccc2c(c1)[C@@H](C)[C@H](c1ccc(O)cc1)O2. The predicted octanol–water partition coefficient (Wildman–Crippen LogP) is 4.36. The average molecular weight is 266 g/mol. The van der Waals surface area contributed by atoms with Gasteiger partial charge in [-0.1, -0.05) is 37.3 Å². The van der Waals surface area contributed by atoms with Gasteiger partial charge in [-0.2, -0.15) is 0 Å². The van der Waals surface area contributed by atoms with Crippen LogP contribution in [0, 0.1) is 0 Å². The molecular weight excluding hydrogens is 248 g/mol. The largest absolute Gasteiger partial charge is 0.508 e. The number of hydrogen-bond acceptors (Lipinski definition) is 2. The summed E-state index contributed by atoms with van der Waals surface area (Å²) in [7, 11) is 0. The summed E-state index contributed by atoms with van der Waals surface area (Å²) in [5, 5.41) is 9.38. The molecule has 3 rings (SSSR count). The van der Waals surface area contributed by atoms with Gasteiger partial charge in [-0.3, -0.25) is 0 Å². The monoisotopic (exact) mass is 266 g/mol. The highest BCUT2D eigenvalue weighted by molar-refractivity contribution is 5.46. The van der Waals surface area contributed by atoms with Gasteiger partial charge < -0.3 is 9.84 Å². The molecule has 2 atom stereocenters. The molecule has 0 fully saturated rings. The normalized spacial score (nSPS) is 20.2. The maximum Gasteiger partial charge on any atom is 0.130 e. The second kappa shape index (κ2) is 5.04. The summed E-state index contributed by atoms with van der Waals surface area (Å²) < 4.78 is 6.07. The van der Waals surface area contributed by atoms with Gasteiger partial charge in [0, 0.05) is 11.5 Å². The highest BCUT2D eigenvalue weighted by atomic mass is 16.5. The fourth-order valence-electron chi connectivity index (χ4n) is 2.78. The van der Waals surface area contributed by atoms with Crippen molar-refractivity contribution in [1.29, 1.82) is 0 Å². The second-order valence-electron chi connectivity index (χ2n) is 5.28. The Morgan fingerprint density at radius 3 is 2.65 bits per heavy atom. The minimum absolute atomic E-state index is 0.0181. The lowest BCUT2D eigenvalue weighted by molar-refractivity contribution is 0.216. The van der Waals surface area contributed by atoms with Gasteiger partial charge in [-0.05, 0) is 35.7 Å². The molecule has 0 unspecified atom stereocenters. The number of aromatic hydroxyl groups is 1. The molecule has 20 heavy (non-hydrogen) atoms. The van der Waals surface area contributed by atoms with Crippen molar-refractivity contribution in [1.82, 2.24) is 0 Å². The maximum absolute atomic E-state index is 9.38. The quantitative estimate of drug-likeness (QED) is 0.836. The smallest absolute Gasteiger partial charge is 0.130 e. The van der Waals surface area contributed by atoms with Gasteiger partial charge in [-0.25, -0.2) is 0 Å². The van der Waals surface area contributed by atoms with Crippen LogP contribution in [0.1, 0.15) is 35.6 Å². The number of phenolic OH excluding ortho intramolecular Hbond substituents is 1. The molecule has 1 aliphatic rings. The first-order chi connectivity index (χ1) is 9.69. The van der Waals surface area contributed by atoms with Gasteiger partial charge in [0.2, 0.25) is 0 Å². The van der Waals surface area contributed by atoms with Crippen LogP contribution >= 0.6 is 0 Å². The van der Waals surface area contributed by atoms with Crippen molar-refractivity contribution < 1.29 is 9.84 Å². The van der Waals surface area contributed by atoms with Crippen LogP contribution in [-0.4, -0.2) is 5.11 Å². The van der Waals surface area contributed by atoms with E-state index >= 15 is 0 Å². The van der Waals surface area contributed by atoms with Gasteiger partial charge in [0.05, 0.1) is 0 Å². The van der Waals surface area contributed by atoms with Crippen molar-refractivity contribution in [2.75, 3.05) is 0 Å². The van der Waals surface area contributed by atoms with Crippen LogP contribution in [0.25, 0.3) is 0 Å². The lowest BCUT2D eigenvalue weighted by Gasteiger charge is -2.15. The molecule has 1 aliphatic heterocycles. The van der Waals surface area contributed by atoms with Crippen LogP contribution in [0.3, 0.4) is 0 Å². The lowest BCUT2D eigenvalue weighted by atomic mass is 9.91.